The van der Waals surface area contributed by atoms with Gasteiger partial charge in [-0.1, -0.05) is 35.9 Å². The molecule has 1 amide bonds. The van der Waals surface area contributed by atoms with E-state index in [1.165, 1.54) is 34.4 Å². The zero-order chi connectivity index (χ0) is 23.5. The molecule has 0 radical (unpaired) electrons. The summed E-state index contributed by atoms with van der Waals surface area (Å²) in [4.78, 5) is 53.3. The predicted octanol–water partition coefficient (Wildman–Crippen LogP) is 4.15. The zero-order valence-corrected chi connectivity index (χ0v) is 18.5. The lowest BCUT2D eigenvalue weighted by atomic mass is 10.1. The second-order valence-electron chi connectivity index (χ2n) is 7.27. The molecule has 0 aliphatic carbocycles. The number of non-ortho nitro benzene ring substituents is 1. The normalized spacial score (nSPS) is 15.5. The lowest BCUT2D eigenvalue weighted by molar-refractivity contribution is -0.384. The van der Waals surface area contributed by atoms with Crippen molar-refractivity contribution in [2.45, 2.75) is 6.42 Å². The fraction of sp³-hybridized carbons (Fsp3) is 0.182. The summed E-state index contributed by atoms with van der Waals surface area (Å²) in [5, 5.41) is 13.7. The first-order chi connectivity index (χ1) is 15.8. The first-order valence-electron chi connectivity index (χ1n) is 9.78. The van der Waals surface area contributed by atoms with Crippen LogP contribution in [0.25, 0.3) is 11.3 Å². The number of ether oxygens (including phenoxy) is 1. The topological polar surface area (TPSA) is 120 Å². The van der Waals surface area contributed by atoms with E-state index in [0.717, 1.165) is 11.6 Å². The molecule has 3 aromatic rings. The number of ketones is 1. The molecule has 1 fully saturated rings. The SMILES string of the molecule is O=C(COC(=O)[C@@H]1CC(=O)N(c2nc(-c3ccc(Cl)cc3)cs2)C1)c1cccc([N+](=O)[O-])c1. The van der Waals surface area contributed by atoms with Crippen LogP contribution < -0.4 is 4.90 Å². The van der Waals surface area contributed by atoms with Gasteiger partial charge >= 0.3 is 5.97 Å². The van der Waals surface area contributed by atoms with Gasteiger partial charge in [0.1, 0.15) is 0 Å². The molecule has 2 heterocycles. The third kappa shape index (κ3) is 5.07. The Balaban J connectivity index is 1.36. The fourth-order valence-corrected chi connectivity index (χ4v) is 4.31. The summed E-state index contributed by atoms with van der Waals surface area (Å²) in [6, 6.07) is 12.3. The fourth-order valence-electron chi connectivity index (χ4n) is 3.32. The molecule has 0 spiro atoms. The highest BCUT2D eigenvalue weighted by molar-refractivity contribution is 7.14. The number of nitro groups is 1. The Bertz CT molecular complexity index is 1240. The number of anilines is 1. The third-order valence-corrected chi connectivity index (χ3v) is 6.16. The number of hydrogen-bond acceptors (Lipinski definition) is 8. The van der Waals surface area contributed by atoms with Crippen LogP contribution in [-0.4, -0.2) is 40.7 Å². The summed E-state index contributed by atoms with van der Waals surface area (Å²) in [6.07, 6.45) is -0.0559. The van der Waals surface area contributed by atoms with Crippen molar-refractivity contribution in [1.82, 2.24) is 4.98 Å². The van der Waals surface area contributed by atoms with E-state index in [1.54, 1.807) is 12.1 Å². The van der Waals surface area contributed by atoms with Crippen molar-refractivity contribution in [3.05, 3.63) is 74.6 Å². The summed E-state index contributed by atoms with van der Waals surface area (Å²) < 4.78 is 5.09. The maximum absolute atomic E-state index is 12.5. The average Bonchev–Trinajstić information content (AvgIpc) is 3.44. The largest absolute Gasteiger partial charge is 0.457 e. The highest BCUT2D eigenvalue weighted by Crippen LogP contribution is 2.32. The van der Waals surface area contributed by atoms with Crippen molar-refractivity contribution in [1.29, 1.82) is 0 Å². The number of carbonyl (C=O) groups excluding carboxylic acids is 3. The van der Waals surface area contributed by atoms with Crippen LogP contribution in [0.15, 0.2) is 53.9 Å². The first-order valence-corrected chi connectivity index (χ1v) is 11.0. The minimum Gasteiger partial charge on any atom is -0.457 e. The lowest BCUT2D eigenvalue weighted by Gasteiger charge is -2.12. The molecule has 1 atom stereocenters. The molecule has 33 heavy (non-hydrogen) atoms. The molecule has 168 valence electrons. The molecule has 4 rings (SSSR count). The third-order valence-electron chi connectivity index (χ3n) is 5.05. The minimum atomic E-state index is -0.738. The maximum Gasteiger partial charge on any atom is 0.311 e. The van der Waals surface area contributed by atoms with E-state index in [-0.39, 0.29) is 30.1 Å². The number of amides is 1. The zero-order valence-electron chi connectivity index (χ0n) is 17.0. The number of halogens is 1. The van der Waals surface area contributed by atoms with Crippen molar-refractivity contribution in [3.8, 4) is 11.3 Å². The van der Waals surface area contributed by atoms with Gasteiger partial charge in [0.2, 0.25) is 11.7 Å². The van der Waals surface area contributed by atoms with E-state index < -0.39 is 29.2 Å². The van der Waals surface area contributed by atoms with Gasteiger partial charge in [-0.25, -0.2) is 4.98 Å². The molecular weight excluding hydrogens is 470 g/mol. The summed E-state index contributed by atoms with van der Waals surface area (Å²) in [7, 11) is 0. The second kappa shape index (κ2) is 9.47. The van der Waals surface area contributed by atoms with E-state index >= 15 is 0 Å². The van der Waals surface area contributed by atoms with Crippen LogP contribution in [0.5, 0.6) is 0 Å². The quantitative estimate of drug-likeness (QED) is 0.213. The van der Waals surface area contributed by atoms with E-state index in [0.29, 0.717) is 15.8 Å². The predicted molar refractivity (Wildman–Crippen MR) is 121 cm³/mol. The summed E-state index contributed by atoms with van der Waals surface area (Å²) in [5.41, 5.74) is 1.38. The van der Waals surface area contributed by atoms with Crippen molar-refractivity contribution in [3.63, 3.8) is 0 Å². The van der Waals surface area contributed by atoms with Crippen LogP contribution in [0, 0.1) is 16.0 Å². The van der Waals surface area contributed by atoms with Crippen molar-refractivity contribution in [2.75, 3.05) is 18.1 Å². The van der Waals surface area contributed by atoms with Gasteiger partial charge in [0.15, 0.2) is 11.7 Å². The molecular formula is C22H16ClN3O6S. The van der Waals surface area contributed by atoms with Crippen LogP contribution in [-0.2, 0) is 14.3 Å². The monoisotopic (exact) mass is 485 g/mol. The number of rotatable bonds is 7. The Labute approximate surface area is 196 Å². The molecule has 2 aromatic carbocycles. The Kier molecular flexibility index (Phi) is 6.47. The van der Waals surface area contributed by atoms with Crippen LogP contribution >= 0.6 is 22.9 Å². The molecule has 1 aromatic heterocycles. The molecule has 1 saturated heterocycles. The number of esters is 1. The van der Waals surface area contributed by atoms with E-state index in [2.05, 4.69) is 4.98 Å². The van der Waals surface area contributed by atoms with Crippen LogP contribution in [0.3, 0.4) is 0 Å². The highest BCUT2D eigenvalue weighted by Gasteiger charge is 2.37. The van der Waals surface area contributed by atoms with Crippen molar-refractivity contribution in [2.24, 2.45) is 5.92 Å². The maximum atomic E-state index is 12.5. The number of benzene rings is 2. The minimum absolute atomic E-state index is 0.0559. The van der Waals surface area contributed by atoms with Gasteiger partial charge in [0.25, 0.3) is 5.69 Å². The number of nitrogens with zero attached hydrogens (tertiary/aromatic N) is 3. The van der Waals surface area contributed by atoms with Gasteiger partial charge in [-0.15, -0.1) is 11.3 Å². The first kappa shape index (κ1) is 22.6. The summed E-state index contributed by atoms with van der Waals surface area (Å²) in [6.45, 7) is -0.473. The highest BCUT2D eigenvalue weighted by atomic mass is 35.5. The number of aromatic nitrogens is 1. The Morgan fingerprint density at radius 1 is 1.24 bits per heavy atom. The van der Waals surface area contributed by atoms with E-state index in [1.807, 2.05) is 17.5 Å². The number of hydrogen-bond donors (Lipinski definition) is 0. The van der Waals surface area contributed by atoms with Crippen LogP contribution in [0.4, 0.5) is 10.8 Å². The van der Waals surface area contributed by atoms with Gasteiger partial charge in [-0.2, -0.15) is 0 Å². The standard InChI is InChI=1S/C22H16ClN3O6S/c23-16-6-4-13(5-7-16)18-12-33-22(24-18)25-10-15(9-20(25)28)21(29)32-11-19(27)14-2-1-3-17(8-14)26(30)31/h1-8,12,15H,9-11H2/t15-/m1/s1. The molecule has 0 saturated carbocycles. The Morgan fingerprint density at radius 2 is 2.00 bits per heavy atom. The van der Waals surface area contributed by atoms with Gasteiger partial charge in [-0.3, -0.25) is 29.4 Å². The number of Topliss-reactive ketones (excluding diaryl/α,β-unsaturated/α-hetero) is 1. The van der Waals surface area contributed by atoms with Crippen LogP contribution in [0.1, 0.15) is 16.8 Å². The molecule has 1 aliphatic rings. The molecule has 9 nitrogen and oxygen atoms in total. The van der Waals surface area contributed by atoms with Crippen molar-refractivity contribution < 1.29 is 24.0 Å². The molecule has 11 heteroatoms. The van der Waals surface area contributed by atoms with E-state index in [9.17, 15) is 24.5 Å². The van der Waals surface area contributed by atoms with Gasteiger partial charge in [-0.05, 0) is 12.1 Å². The summed E-state index contributed by atoms with van der Waals surface area (Å²) >= 11 is 7.19. The lowest BCUT2D eigenvalue weighted by Crippen LogP contribution is -2.27. The smallest absolute Gasteiger partial charge is 0.311 e. The Hall–Kier alpha value is -3.63. The van der Waals surface area contributed by atoms with Gasteiger partial charge < -0.3 is 4.74 Å². The number of carbonyl (C=O) groups is 3. The number of thiazole rings is 1. The Morgan fingerprint density at radius 3 is 2.73 bits per heavy atom. The van der Waals surface area contributed by atoms with Gasteiger partial charge in [0, 0.05) is 46.6 Å². The van der Waals surface area contributed by atoms with Gasteiger partial charge in [0.05, 0.1) is 16.5 Å². The molecule has 0 unspecified atom stereocenters. The average molecular weight is 486 g/mol. The van der Waals surface area contributed by atoms with Crippen LogP contribution in [0.2, 0.25) is 5.02 Å². The van der Waals surface area contributed by atoms with E-state index in [4.69, 9.17) is 16.3 Å². The molecule has 0 bridgehead atoms. The second-order valence-corrected chi connectivity index (χ2v) is 8.54. The number of nitro benzene ring substituents is 1. The summed E-state index contributed by atoms with van der Waals surface area (Å²) in [5.74, 6) is -2.25. The molecule has 0 N–H and O–H groups in total. The molecule has 1 aliphatic heterocycles. The van der Waals surface area contributed by atoms with Crippen molar-refractivity contribution >= 4 is 51.4 Å².